The fourth-order valence-corrected chi connectivity index (χ4v) is 1.82. The van der Waals surface area contributed by atoms with Crippen LogP contribution in [0.4, 0.5) is 5.69 Å². The van der Waals surface area contributed by atoms with E-state index in [4.69, 9.17) is 0 Å². The summed E-state index contributed by atoms with van der Waals surface area (Å²) in [5, 5.41) is 12.6. The van der Waals surface area contributed by atoms with E-state index in [1.807, 2.05) is 19.1 Å². The molecule has 0 aromatic heterocycles. The third-order valence-corrected chi connectivity index (χ3v) is 2.76. The summed E-state index contributed by atoms with van der Waals surface area (Å²) in [6.45, 7) is 1.96. The topological polar surface area (TPSA) is 49.3 Å². The predicted molar refractivity (Wildman–Crippen MR) is 63.4 cm³/mol. The highest BCUT2D eigenvalue weighted by molar-refractivity contribution is 5.97. The Hall–Kier alpha value is -1.77. The quantitative estimate of drug-likeness (QED) is 0.591. The number of aryl methyl sites for hydroxylation is 1. The van der Waals surface area contributed by atoms with Crippen molar-refractivity contribution in [1.29, 1.82) is 0 Å². The second-order valence-electron chi connectivity index (χ2n) is 4.11. The summed E-state index contributed by atoms with van der Waals surface area (Å²) < 4.78 is 0. The van der Waals surface area contributed by atoms with E-state index in [0.29, 0.717) is 12.1 Å². The molecule has 1 saturated carbocycles. The van der Waals surface area contributed by atoms with Gasteiger partial charge in [-0.3, -0.25) is 4.79 Å². The van der Waals surface area contributed by atoms with Gasteiger partial charge >= 0.3 is 0 Å². The van der Waals surface area contributed by atoms with Gasteiger partial charge in [-0.15, -0.1) is 0 Å². The minimum Gasteiger partial charge on any atom is -0.506 e. The fraction of sp³-hybridized carbons (Fsp3) is 0.308. The second kappa shape index (κ2) is 4.39. The van der Waals surface area contributed by atoms with Gasteiger partial charge in [0, 0.05) is 18.2 Å². The van der Waals surface area contributed by atoms with Crippen molar-refractivity contribution in [2.45, 2.75) is 26.2 Å². The molecule has 84 valence electrons. The standard InChI is InChI=1S/C13H15NO2/c1-9-5-6-13(16)11(7-9)14-8-10-3-2-4-12(10)15/h5-8,14,16H,2-4H2,1H3. The molecule has 0 amide bonds. The molecule has 2 N–H and O–H groups in total. The first-order valence-electron chi connectivity index (χ1n) is 5.45. The lowest BCUT2D eigenvalue weighted by atomic mass is 10.2. The molecule has 1 aromatic carbocycles. The molecule has 1 aromatic rings. The fourth-order valence-electron chi connectivity index (χ4n) is 1.82. The van der Waals surface area contributed by atoms with Gasteiger partial charge in [-0.2, -0.15) is 0 Å². The van der Waals surface area contributed by atoms with Crippen LogP contribution in [-0.2, 0) is 4.79 Å². The summed E-state index contributed by atoms with van der Waals surface area (Å²) >= 11 is 0. The zero-order chi connectivity index (χ0) is 11.5. The Labute approximate surface area is 94.8 Å². The van der Waals surface area contributed by atoms with Crippen LogP contribution in [0.5, 0.6) is 5.75 Å². The molecule has 0 saturated heterocycles. The van der Waals surface area contributed by atoms with E-state index >= 15 is 0 Å². The molecule has 0 radical (unpaired) electrons. The van der Waals surface area contributed by atoms with Gasteiger partial charge < -0.3 is 10.4 Å². The SMILES string of the molecule is Cc1ccc(O)c(NC=C2CCCC2=O)c1. The van der Waals surface area contributed by atoms with Crippen LogP contribution < -0.4 is 5.32 Å². The molecular weight excluding hydrogens is 202 g/mol. The van der Waals surface area contributed by atoms with Crippen LogP contribution in [0.1, 0.15) is 24.8 Å². The Kier molecular flexibility index (Phi) is 2.95. The van der Waals surface area contributed by atoms with Gasteiger partial charge in [-0.1, -0.05) is 6.07 Å². The summed E-state index contributed by atoms with van der Waals surface area (Å²) in [7, 11) is 0. The maximum atomic E-state index is 11.4. The van der Waals surface area contributed by atoms with Crippen LogP contribution in [0.2, 0.25) is 0 Å². The molecule has 1 aliphatic carbocycles. The molecule has 1 fully saturated rings. The molecule has 3 heteroatoms. The first-order valence-corrected chi connectivity index (χ1v) is 5.45. The van der Waals surface area contributed by atoms with Crippen LogP contribution in [0.15, 0.2) is 30.0 Å². The van der Waals surface area contributed by atoms with Crippen molar-refractivity contribution >= 4 is 11.5 Å². The summed E-state index contributed by atoms with van der Waals surface area (Å²) in [4.78, 5) is 11.4. The van der Waals surface area contributed by atoms with Crippen molar-refractivity contribution in [2.75, 3.05) is 5.32 Å². The third kappa shape index (κ3) is 2.24. The number of carbonyl (C=O) groups excluding carboxylic acids is 1. The van der Waals surface area contributed by atoms with Crippen molar-refractivity contribution in [3.8, 4) is 5.75 Å². The van der Waals surface area contributed by atoms with Crippen molar-refractivity contribution in [2.24, 2.45) is 0 Å². The zero-order valence-corrected chi connectivity index (χ0v) is 9.29. The Morgan fingerprint density at radius 1 is 1.38 bits per heavy atom. The average molecular weight is 217 g/mol. The molecule has 2 rings (SSSR count). The van der Waals surface area contributed by atoms with Crippen LogP contribution in [0, 0.1) is 6.92 Å². The first-order chi connectivity index (χ1) is 7.66. The predicted octanol–water partition coefficient (Wildman–Crippen LogP) is 2.75. The average Bonchev–Trinajstić information content (AvgIpc) is 2.66. The van der Waals surface area contributed by atoms with Crippen LogP contribution in [-0.4, -0.2) is 10.9 Å². The summed E-state index contributed by atoms with van der Waals surface area (Å²) in [6.07, 6.45) is 4.13. The number of carbonyl (C=O) groups is 1. The van der Waals surface area contributed by atoms with Crippen molar-refractivity contribution in [3.63, 3.8) is 0 Å². The van der Waals surface area contributed by atoms with E-state index in [1.165, 1.54) is 0 Å². The molecule has 0 bridgehead atoms. The normalized spacial score (nSPS) is 18.1. The smallest absolute Gasteiger partial charge is 0.160 e. The number of Topliss-reactive ketones (excluding diaryl/α,β-unsaturated/α-hetero) is 1. The van der Waals surface area contributed by atoms with E-state index in [0.717, 1.165) is 24.0 Å². The van der Waals surface area contributed by atoms with Crippen molar-refractivity contribution < 1.29 is 9.90 Å². The Morgan fingerprint density at radius 2 is 2.19 bits per heavy atom. The van der Waals surface area contributed by atoms with Crippen molar-refractivity contribution in [1.82, 2.24) is 0 Å². The lowest BCUT2D eigenvalue weighted by molar-refractivity contribution is -0.114. The molecule has 3 nitrogen and oxygen atoms in total. The Morgan fingerprint density at radius 3 is 2.88 bits per heavy atom. The van der Waals surface area contributed by atoms with Crippen LogP contribution >= 0.6 is 0 Å². The lowest BCUT2D eigenvalue weighted by Gasteiger charge is -2.06. The van der Waals surface area contributed by atoms with E-state index in [9.17, 15) is 9.90 Å². The minimum atomic E-state index is 0.202. The van der Waals surface area contributed by atoms with Gasteiger partial charge in [0.2, 0.25) is 0 Å². The monoisotopic (exact) mass is 217 g/mol. The number of nitrogens with one attached hydrogen (secondary N) is 1. The number of benzene rings is 1. The molecular formula is C13H15NO2. The van der Waals surface area contributed by atoms with E-state index in [1.54, 1.807) is 12.3 Å². The molecule has 16 heavy (non-hydrogen) atoms. The lowest BCUT2D eigenvalue weighted by Crippen LogP contribution is -1.97. The molecule has 0 aliphatic heterocycles. The number of aromatic hydroxyl groups is 1. The maximum Gasteiger partial charge on any atom is 0.160 e. The Bertz CT molecular complexity index is 449. The molecule has 0 atom stereocenters. The number of rotatable bonds is 2. The van der Waals surface area contributed by atoms with E-state index in [2.05, 4.69) is 5.32 Å². The summed E-state index contributed by atoms with van der Waals surface area (Å²) in [6, 6.07) is 5.34. The van der Waals surface area contributed by atoms with Crippen LogP contribution in [0.3, 0.4) is 0 Å². The minimum absolute atomic E-state index is 0.202. The number of anilines is 1. The largest absolute Gasteiger partial charge is 0.506 e. The van der Waals surface area contributed by atoms with Gasteiger partial charge in [-0.25, -0.2) is 0 Å². The summed E-state index contributed by atoms with van der Waals surface area (Å²) in [5.74, 6) is 0.410. The number of phenolic OH excluding ortho intramolecular Hbond substituents is 1. The van der Waals surface area contributed by atoms with Gasteiger partial charge in [0.15, 0.2) is 5.78 Å². The number of ketones is 1. The second-order valence-corrected chi connectivity index (χ2v) is 4.11. The Balaban J connectivity index is 2.15. The zero-order valence-electron chi connectivity index (χ0n) is 9.29. The van der Waals surface area contributed by atoms with Crippen LogP contribution in [0.25, 0.3) is 0 Å². The number of allylic oxidation sites excluding steroid dienone is 1. The molecule has 1 aliphatic rings. The number of hydrogen-bond donors (Lipinski definition) is 2. The molecule has 0 spiro atoms. The highest BCUT2D eigenvalue weighted by atomic mass is 16.3. The van der Waals surface area contributed by atoms with Gasteiger partial charge in [0.05, 0.1) is 5.69 Å². The first kappa shape index (κ1) is 10.7. The third-order valence-electron chi connectivity index (χ3n) is 2.76. The number of phenols is 1. The maximum absolute atomic E-state index is 11.4. The van der Waals surface area contributed by atoms with Crippen molar-refractivity contribution in [3.05, 3.63) is 35.5 Å². The summed E-state index contributed by atoms with van der Waals surface area (Å²) in [5.41, 5.74) is 2.53. The van der Waals surface area contributed by atoms with E-state index in [-0.39, 0.29) is 11.5 Å². The van der Waals surface area contributed by atoms with Gasteiger partial charge in [-0.05, 0) is 37.5 Å². The van der Waals surface area contributed by atoms with Gasteiger partial charge in [0.1, 0.15) is 5.75 Å². The van der Waals surface area contributed by atoms with E-state index < -0.39 is 0 Å². The highest BCUT2D eigenvalue weighted by Crippen LogP contribution is 2.25. The van der Waals surface area contributed by atoms with Gasteiger partial charge in [0.25, 0.3) is 0 Å². The molecule has 0 heterocycles. The molecule has 0 unspecified atom stereocenters. The highest BCUT2D eigenvalue weighted by Gasteiger charge is 2.16. The number of hydrogen-bond acceptors (Lipinski definition) is 3.